The molecule has 0 atom stereocenters. The number of nitrogens with two attached hydrogens (primary N) is 1. The quantitative estimate of drug-likeness (QED) is 0.672. The van der Waals surface area contributed by atoms with Crippen molar-refractivity contribution in [1.29, 1.82) is 0 Å². The number of anilines is 1. The Morgan fingerprint density at radius 2 is 1.83 bits per heavy atom. The summed E-state index contributed by atoms with van der Waals surface area (Å²) in [7, 11) is 0. The fraction of sp³-hybridized carbons (Fsp3) is 0. The zero-order valence-electron chi connectivity index (χ0n) is 8.82. The van der Waals surface area contributed by atoms with Gasteiger partial charge in [0.1, 0.15) is 28.2 Å². The molecular formula is C10H7BrF2N4O. The third-order valence-corrected chi connectivity index (χ3v) is 2.66. The Hall–Kier alpha value is -1.80. The molecule has 94 valence electrons. The SMILES string of the molecule is NNc1ncnc(Oc2cc(F)cc(F)c2)c1Br. The number of halogens is 3. The monoisotopic (exact) mass is 316 g/mol. The van der Waals surface area contributed by atoms with Crippen molar-refractivity contribution in [3.05, 3.63) is 40.6 Å². The normalized spacial score (nSPS) is 10.2. The van der Waals surface area contributed by atoms with E-state index in [0.29, 0.717) is 4.47 Å². The summed E-state index contributed by atoms with van der Waals surface area (Å²) < 4.78 is 31.5. The molecular weight excluding hydrogens is 310 g/mol. The van der Waals surface area contributed by atoms with Crippen LogP contribution in [0.4, 0.5) is 14.6 Å². The molecule has 0 radical (unpaired) electrons. The van der Waals surface area contributed by atoms with E-state index in [0.717, 1.165) is 18.2 Å². The van der Waals surface area contributed by atoms with E-state index in [-0.39, 0.29) is 17.4 Å². The van der Waals surface area contributed by atoms with Crippen molar-refractivity contribution < 1.29 is 13.5 Å². The minimum absolute atomic E-state index is 0.0186. The number of aromatic nitrogens is 2. The summed E-state index contributed by atoms with van der Waals surface area (Å²) in [6, 6.07) is 2.81. The van der Waals surface area contributed by atoms with Gasteiger partial charge in [-0.1, -0.05) is 0 Å². The van der Waals surface area contributed by atoms with Gasteiger partial charge in [-0.2, -0.15) is 0 Å². The van der Waals surface area contributed by atoms with Gasteiger partial charge in [-0.05, 0) is 15.9 Å². The van der Waals surface area contributed by atoms with Crippen LogP contribution in [0.5, 0.6) is 11.6 Å². The highest BCUT2D eigenvalue weighted by Gasteiger charge is 2.11. The van der Waals surface area contributed by atoms with Crippen LogP contribution < -0.4 is 16.0 Å². The van der Waals surface area contributed by atoms with Gasteiger partial charge in [0.25, 0.3) is 0 Å². The van der Waals surface area contributed by atoms with Crippen LogP contribution in [-0.4, -0.2) is 9.97 Å². The van der Waals surface area contributed by atoms with Crippen LogP contribution >= 0.6 is 15.9 Å². The number of hydrogen-bond acceptors (Lipinski definition) is 5. The number of hydrazine groups is 1. The van der Waals surface area contributed by atoms with Gasteiger partial charge in [0.05, 0.1) is 0 Å². The third-order valence-electron chi connectivity index (χ3n) is 1.94. The largest absolute Gasteiger partial charge is 0.437 e. The van der Waals surface area contributed by atoms with Crippen molar-refractivity contribution in [2.45, 2.75) is 0 Å². The van der Waals surface area contributed by atoms with Gasteiger partial charge in [-0.25, -0.2) is 24.6 Å². The van der Waals surface area contributed by atoms with Gasteiger partial charge in [0.2, 0.25) is 5.88 Å². The minimum Gasteiger partial charge on any atom is -0.437 e. The average molecular weight is 317 g/mol. The first kappa shape index (κ1) is 12.7. The van der Waals surface area contributed by atoms with E-state index < -0.39 is 11.6 Å². The first-order chi connectivity index (χ1) is 8.60. The average Bonchev–Trinajstić information content (AvgIpc) is 2.30. The summed E-state index contributed by atoms with van der Waals surface area (Å²) in [5, 5.41) is 0. The highest BCUT2D eigenvalue weighted by Crippen LogP contribution is 2.31. The van der Waals surface area contributed by atoms with Crippen LogP contribution in [0.3, 0.4) is 0 Å². The van der Waals surface area contributed by atoms with Gasteiger partial charge in [-0.3, -0.25) is 0 Å². The minimum atomic E-state index is -0.743. The van der Waals surface area contributed by atoms with Crippen molar-refractivity contribution in [2.75, 3.05) is 5.43 Å². The predicted octanol–water partition coefficient (Wildman–Crippen LogP) is 2.60. The van der Waals surface area contributed by atoms with E-state index in [1.54, 1.807) is 0 Å². The molecule has 1 aromatic heterocycles. The topological polar surface area (TPSA) is 73.1 Å². The van der Waals surface area contributed by atoms with Crippen LogP contribution in [0, 0.1) is 11.6 Å². The molecule has 0 bridgehead atoms. The van der Waals surface area contributed by atoms with E-state index >= 15 is 0 Å². The van der Waals surface area contributed by atoms with E-state index in [1.807, 2.05) is 0 Å². The molecule has 2 rings (SSSR count). The second kappa shape index (κ2) is 5.23. The van der Waals surface area contributed by atoms with E-state index in [2.05, 4.69) is 31.3 Å². The second-order valence-electron chi connectivity index (χ2n) is 3.19. The van der Waals surface area contributed by atoms with Crippen LogP contribution in [0.25, 0.3) is 0 Å². The lowest BCUT2D eigenvalue weighted by atomic mass is 10.3. The Bertz CT molecular complexity index is 562. The summed E-state index contributed by atoms with van der Waals surface area (Å²) in [5.41, 5.74) is 2.32. The molecule has 0 saturated heterocycles. The lowest BCUT2D eigenvalue weighted by Crippen LogP contribution is -2.09. The fourth-order valence-electron chi connectivity index (χ4n) is 1.22. The molecule has 3 N–H and O–H groups in total. The maximum Gasteiger partial charge on any atom is 0.238 e. The van der Waals surface area contributed by atoms with Gasteiger partial charge >= 0.3 is 0 Å². The van der Waals surface area contributed by atoms with Crippen molar-refractivity contribution in [3.8, 4) is 11.6 Å². The number of rotatable bonds is 3. The molecule has 8 heteroatoms. The fourth-order valence-corrected chi connectivity index (χ4v) is 1.62. The molecule has 18 heavy (non-hydrogen) atoms. The first-order valence-corrected chi connectivity index (χ1v) is 5.50. The van der Waals surface area contributed by atoms with Crippen LogP contribution in [-0.2, 0) is 0 Å². The summed E-state index contributed by atoms with van der Waals surface area (Å²) in [6.45, 7) is 0. The molecule has 0 aliphatic rings. The summed E-state index contributed by atoms with van der Waals surface area (Å²) in [6.07, 6.45) is 1.20. The predicted molar refractivity (Wildman–Crippen MR) is 64.0 cm³/mol. The van der Waals surface area contributed by atoms with Crippen LogP contribution in [0.15, 0.2) is 29.0 Å². The number of ether oxygens (including phenoxy) is 1. The molecule has 0 unspecified atom stereocenters. The number of benzene rings is 1. The maximum atomic E-state index is 13.0. The molecule has 0 fully saturated rings. The number of nitrogens with zero attached hydrogens (tertiary/aromatic N) is 2. The lowest BCUT2D eigenvalue weighted by molar-refractivity contribution is 0.447. The molecule has 0 spiro atoms. The van der Waals surface area contributed by atoms with Crippen LogP contribution in [0.1, 0.15) is 0 Å². The van der Waals surface area contributed by atoms with Gasteiger partial charge in [-0.15, -0.1) is 0 Å². The Morgan fingerprint density at radius 3 is 2.44 bits per heavy atom. The van der Waals surface area contributed by atoms with Crippen molar-refractivity contribution >= 4 is 21.7 Å². The summed E-state index contributed by atoms with van der Waals surface area (Å²) in [5.74, 6) is 4.09. The highest BCUT2D eigenvalue weighted by molar-refractivity contribution is 9.10. The summed E-state index contributed by atoms with van der Waals surface area (Å²) in [4.78, 5) is 7.63. The zero-order chi connectivity index (χ0) is 13.1. The van der Waals surface area contributed by atoms with Crippen molar-refractivity contribution in [3.63, 3.8) is 0 Å². The second-order valence-corrected chi connectivity index (χ2v) is 3.99. The molecule has 0 aliphatic carbocycles. The van der Waals surface area contributed by atoms with E-state index in [1.165, 1.54) is 6.33 Å². The standard InChI is InChI=1S/C10H7BrF2N4O/c11-8-9(17-14)15-4-16-10(8)18-7-2-5(12)1-6(13)3-7/h1-4H,14H2,(H,15,16,17). The molecule has 5 nitrogen and oxygen atoms in total. The Kier molecular flexibility index (Phi) is 3.68. The number of hydrogen-bond donors (Lipinski definition) is 2. The molecule has 2 aromatic rings. The van der Waals surface area contributed by atoms with Gasteiger partial charge < -0.3 is 10.2 Å². The smallest absolute Gasteiger partial charge is 0.238 e. The molecule has 1 aromatic carbocycles. The molecule has 1 heterocycles. The van der Waals surface area contributed by atoms with Gasteiger partial charge in [0, 0.05) is 18.2 Å². The Morgan fingerprint density at radius 1 is 1.17 bits per heavy atom. The highest BCUT2D eigenvalue weighted by atomic mass is 79.9. The van der Waals surface area contributed by atoms with Crippen molar-refractivity contribution in [1.82, 2.24) is 9.97 Å². The van der Waals surface area contributed by atoms with E-state index in [9.17, 15) is 8.78 Å². The van der Waals surface area contributed by atoms with Gasteiger partial charge in [0.15, 0.2) is 5.82 Å². The van der Waals surface area contributed by atoms with Crippen LogP contribution in [0.2, 0.25) is 0 Å². The molecule has 0 saturated carbocycles. The maximum absolute atomic E-state index is 13.0. The zero-order valence-corrected chi connectivity index (χ0v) is 10.4. The Labute approximate surface area is 109 Å². The number of nitrogens with one attached hydrogen (secondary N) is 1. The van der Waals surface area contributed by atoms with Crippen molar-refractivity contribution in [2.24, 2.45) is 5.84 Å². The molecule has 0 aliphatic heterocycles. The first-order valence-electron chi connectivity index (χ1n) is 4.71. The van der Waals surface area contributed by atoms with E-state index in [4.69, 9.17) is 10.6 Å². The lowest BCUT2D eigenvalue weighted by Gasteiger charge is -2.08. The summed E-state index contributed by atoms with van der Waals surface area (Å²) >= 11 is 3.16. The third kappa shape index (κ3) is 2.71. The Balaban J connectivity index is 2.34. The molecule has 0 amide bonds. The number of nitrogen functional groups attached to an aromatic ring is 1.